The molecular formula is C10H8F3N3. The Bertz CT molecular complexity index is 485. The Morgan fingerprint density at radius 1 is 1.12 bits per heavy atom. The number of rotatable bonds is 1. The van der Waals surface area contributed by atoms with Gasteiger partial charge < -0.3 is 0 Å². The van der Waals surface area contributed by atoms with Crippen LogP contribution in [0.5, 0.6) is 0 Å². The van der Waals surface area contributed by atoms with Gasteiger partial charge in [0.1, 0.15) is 0 Å². The Hall–Kier alpha value is -1.85. The van der Waals surface area contributed by atoms with E-state index in [0.717, 1.165) is 5.56 Å². The van der Waals surface area contributed by atoms with Gasteiger partial charge in [0.2, 0.25) is 5.82 Å². The van der Waals surface area contributed by atoms with E-state index in [1.165, 1.54) is 0 Å². The van der Waals surface area contributed by atoms with Crippen molar-refractivity contribution in [1.29, 1.82) is 0 Å². The number of aromatic nitrogens is 3. The molecule has 0 saturated heterocycles. The zero-order chi connectivity index (χ0) is 11.8. The number of aryl methyl sites for hydroxylation is 1. The highest BCUT2D eigenvalue weighted by atomic mass is 19.4. The summed E-state index contributed by atoms with van der Waals surface area (Å²) in [7, 11) is 0. The van der Waals surface area contributed by atoms with Crippen LogP contribution in [-0.2, 0) is 6.18 Å². The fraction of sp³-hybridized carbons (Fsp3) is 0.200. The predicted octanol–water partition coefficient (Wildman–Crippen LogP) is 2.80. The second kappa shape index (κ2) is 3.62. The molecule has 0 unspecified atom stereocenters. The molecule has 0 spiro atoms. The smallest absolute Gasteiger partial charge is 0.255 e. The normalized spacial score (nSPS) is 11.8. The quantitative estimate of drug-likeness (QED) is 0.813. The Balaban J connectivity index is 2.35. The molecule has 2 aromatic rings. The van der Waals surface area contributed by atoms with Crippen molar-refractivity contribution in [1.82, 2.24) is 15.2 Å². The standard InChI is InChI=1S/C10H8F3N3/c1-6-2-4-7(5-3-6)8-14-9(16-15-8)10(11,12)13/h2-5H,1H3,(H,14,15,16). The summed E-state index contributed by atoms with van der Waals surface area (Å²) in [4.78, 5) is 3.39. The van der Waals surface area contributed by atoms with Crippen molar-refractivity contribution < 1.29 is 13.2 Å². The lowest BCUT2D eigenvalue weighted by atomic mass is 10.1. The largest absolute Gasteiger partial charge is 0.451 e. The zero-order valence-electron chi connectivity index (χ0n) is 8.34. The Labute approximate surface area is 89.3 Å². The first kappa shape index (κ1) is 10.7. The molecule has 0 radical (unpaired) electrons. The molecule has 1 aromatic carbocycles. The van der Waals surface area contributed by atoms with Crippen molar-refractivity contribution in [3.8, 4) is 11.4 Å². The van der Waals surface area contributed by atoms with Gasteiger partial charge >= 0.3 is 6.18 Å². The van der Waals surface area contributed by atoms with E-state index in [0.29, 0.717) is 5.56 Å². The van der Waals surface area contributed by atoms with E-state index in [4.69, 9.17) is 0 Å². The Kier molecular flexibility index (Phi) is 2.41. The summed E-state index contributed by atoms with van der Waals surface area (Å²) < 4.78 is 36.7. The maximum atomic E-state index is 12.2. The molecule has 0 atom stereocenters. The van der Waals surface area contributed by atoms with Gasteiger partial charge in [-0.1, -0.05) is 29.8 Å². The number of alkyl halides is 3. The van der Waals surface area contributed by atoms with E-state index >= 15 is 0 Å². The lowest BCUT2D eigenvalue weighted by Gasteiger charge is -1.98. The molecular weight excluding hydrogens is 219 g/mol. The van der Waals surface area contributed by atoms with Crippen LogP contribution in [0.2, 0.25) is 0 Å². The Morgan fingerprint density at radius 2 is 1.75 bits per heavy atom. The fourth-order valence-corrected chi connectivity index (χ4v) is 1.22. The van der Waals surface area contributed by atoms with E-state index in [9.17, 15) is 13.2 Å². The van der Waals surface area contributed by atoms with Gasteiger partial charge in [-0.15, -0.1) is 0 Å². The highest BCUT2D eigenvalue weighted by Crippen LogP contribution is 2.27. The number of halogens is 3. The molecule has 3 nitrogen and oxygen atoms in total. The average Bonchev–Trinajstić information content (AvgIpc) is 2.67. The summed E-state index contributed by atoms with van der Waals surface area (Å²) in [6.07, 6.45) is -4.49. The summed E-state index contributed by atoms with van der Waals surface area (Å²) >= 11 is 0. The second-order valence-electron chi connectivity index (χ2n) is 3.37. The second-order valence-corrected chi connectivity index (χ2v) is 3.37. The first-order valence-corrected chi connectivity index (χ1v) is 4.53. The molecule has 0 bridgehead atoms. The number of hydrogen-bond acceptors (Lipinski definition) is 2. The lowest BCUT2D eigenvalue weighted by Crippen LogP contribution is -2.07. The van der Waals surface area contributed by atoms with Crippen molar-refractivity contribution in [3.05, 3.63) is 35.7 Å². The highest BCUT2D eigenvalue weighted by molar-refractivity contribution is 5.54. The number of H-pyrrole nitrogens is 1. The van der Waals surface area contributed by atoms with Gasteiger partial charge in [-0.05, 0) is 6.92 Å². The molecule has 1 N–H and O–H groups in total. The minimum atomic E-state index is -4.49. The van der Waals surface area contributed by atoms with E-state index in [-0.39, 0.29) is 5.82 Å². The van der Waals surface area contributed by atoms with Gasteiger partial charge in [0.15, 0.2) is 5.82 Å². The topological polar surface area (TPSA) is 41.6 Å². The SMILES string of the molecule is Cc1ccc(-c2n[nH]c(C(F)(F)F)n2)cc1. The summed E-state index contributed by atoms with van der Waals surface area (Å²) in [5.74, 6) is -1.03. The maximum absolute atomic E-state index is 12.2. The van der Waals surface area contributed by atoms with E-state index in [2.05, 4.69) is 10.1 Å². The van der Waals surface area contributed by atoms with Gasteiger partial charge in [-0.2, -0.15) is 18.3 Å². The van der Waals surface area contributed by atoms with E-state index in [1.807, 2.05) is 12.0 Å². The molecule has 1 aromatic heterocycles. The number of nitrogens with one attached hydrogen (secondary N) is 1. The molecule has 0 saturated carbocycles. The van der Waals surface area contributed by atoms with Crippen molar-refractivity contribution in [2.45, 2.75) is 13.1 Å². The zero-order valence-corrected chi connectivity index (χ0v) is 8.34. The third-order valence-electron chi connectivity index (χ3n) is 2.06. The van der Waals surface area contributed by atoms with Crippen LogP contribution in [0.4, 0.5) is 13.2 Å². The third kappa shape index (κ3) is 2.05. The maximum Gasteiger partial charge on any atom is 0.451 e. The predicted molar refractivity (Wildman–Crippen MR) is 51.6 cm³/mol. The molecule has 0 amide bonds. The molecule has 0 fully saturated rings. The van der Waals surface area contributed by atoms with Crippen LogP contribution < -0.4 is 0 Å². The monoisotopic (exact) mass is 227 g/mol. The first-order valence-electron chi connectivity index (χ1n) is 4.53. The molecule has 0 aliphatic rings. The molecule has 6 heteroatoms. The van der Waals surface area contributed by atoms with Crippen molar-refractivity contribution in [3.63, 3.8) is 0 Å². The first-order chi connectivity index (χ1) is 7.47. The van der Waals surface area contributed by atoms with E-state index < -0.39 is 12.0 Å². The molecule has 84 valence electrons. The summed E-state index contributed by atoms with van der Waals surface area (Å²) in [6.45, 7) is 1.89. The molecule has 0 aliphatic carbocycles. The minimum Gasteiger partial charge on any atom is -0.255 e. The average molecular weight is 227 g/mol. The molecule has 16 heavy (non-hydrogen) atoms. The number of aromatic amines is 1. The van der Waals surface area contributed by atoms with Crippen molar-refractivity contribution >= 4 is 0 Å². The number of benzene rings is 1. The van der Waals surface area contributed by atoms with Gasteiger partial charge in [-0.25, -0.2) is 4.98 Å². The number of hydrogen-bond donors (Lipinski definition) is 1. The summed E-state index contributed by atoms with van der Waals surface area (Å²) in [5, 5.41) is 5.40. The fourth-order valence-electron chi connectivity index (χ4n) is 1.22. The summed E-state index contributed by atoms with van der Waals surface area (Å²) in [5.41, 5.74) is 1.58. The van der Waals surface area contributed by atoms with Crippen molar-refractivity contribution in [2.75, 3.05) is 0 Å². The Morgan fingerprint density at radius 3 is 2.25 bits per heavy atom. The van der Waals surface area contributed by atoms with Crippen LogP contribution in [-0.4, -0.2) is 15.2 Å². The van der Waals surface area contributed by atoms with Crippen molar-refractivity contribution in [2.24, 2.45) is 0 Å². The van der Waals surface area contributed by atoms with Gasteiger partial charge in [0.25, 0.3) is 0 Å². The number of nitrogens with zero attached hydrogens (tertiary/aromatic N) is 2. The van der Waals surface area contributed by atoms with Gasteiger partial charge in [0, 0.05) is 5.56 Å². The van der Waals surface area contributed by atoms with E-state index in [1.54, 1.807) is 24.3 Å². The van der Waals surface area contributed by atoms with Crippen LogP contribution in [0.15, 0.2) is 24.3 Å². The lowest BCUT2D eigenvalue weighted by molar-refractivity contribution is -0.144. The molecule has 2 rings (SSSR count). The summed E-state index contributed by atoms with van der Waals surface area (Å²) in [6, 6.07) is 6.94. The van der Waals surface area contributed by atoms with Crippen LogP contribution in [0.25, 0.3) is 11.4 Å². The molecule has 1 heterocycles. The third-order valence-corrected chi connectivity index (χ3v) is 2.06. The van der Waals surface area contributed by atoms with Crippen LogP contribution in [0.1, 0.15) is 11.4 Å². The highest BCUT2D eigenvalue weighted by Gasteiger charge is 2.35. The van der Waals surface area contributed by atoms with Gasteiger partial charge in [0.05, 0.1) is 0 Å². The van der Waals surface area contributed by atoms with Crippen LogP contribution in [0.3, 0.4) is 0 Å². The van der Waals surface area contributed by atoms with Crippen LogP contribution in [0, 0.1) is 6.92 Å². The minimum absolute atomic E-state index is 0.0484. The van der Waals surface area contributed by atoms with Gasteiger partial charge in [-0.3, -0.25) is 5.10 Å². The van der Waals surface area contributed by atoms with Crippen LogP contribution >= 0.6 is 0 Å². The molecule has 0 aliphatic heterocycles.